The van der Waals surface area contributed by atoms with Crippen molar-refractivity contribution in [3.63, 3.8) is 0 Å². The van der Waals surface area contributed by atoms with Gasteiger partial charge < -0.3 is 4.40 Å². The average Bonchev–Trinajstić information content (AvgIpc) is 3.87. The summed E-state index contributed by atoms with van der Waals surface area (Å²) in [5.41, 5.74) is 16.1. The molecule has 0 amide bonds. The summed E-state index contributed by atoms with van der Waals surface area (Å²) in [5.74, 6) is 0.906. The number of hydrogen-bond donors (Lipinski definition) is 0. The maximum atomic E-state index is 5.08. The second-order valence-corrected chi connectivity index (χ2v) is 15.6. The monoisotopic (exact) mass is 701 g/mol. The molecule has 0 fully saturated rings. The first-order chi connectivity index (χ1) is 27.0. The molecule has 0 atom stereocenters. The molecule has 0 N–H and O–H groups in total. The third-order valence-electron chi connectivity index (χ3n) is 12.3. The van der Waals surface area contributed by atoms with Gasteiger partial charge in [-0.1, -0.05) is 135 Å². The molecular formula is C52H35N3. The standard InChI is InChI=1S/C52H35N3/c1-52(2)44-19-8-5-15-37(44)38-23-22-34(29-45(38)52)32-12-11-13-33(28-32)35-26-27-53-50(30-35)55-47-21-10-7-18-41(47)42-24-25-48-43(51(42)55)31-49-40-17-4-3-14-36(40)39-16-6-9-20-46(39)54(48)49/h3-31H,1-2H3. The van der Waals surface area contributed by atoms with Crippen molar-refractivity contribution in [1.82, 2.24) is 14.0 Å². The smallest absolute Gasteiger partial charge is 0.138 e. The molecule has 0 spiro atoms. The van der Waals surface area contributed by atoms with E-state index in [4.69, 9.17) is 4.98 Å². The Kier molecular flexibility index (Phi) is 6.12. The first-order valence-corrected chi connectivity index (χ1v) is 19.1. The van der Waals surface area contributed by atoms with Crippen molar-refractivity contribution in [1.29, 1.82) is 0 Å². The summed E-state index contributed by atoms with van der Waals surface area (Å²) >= 11 is 0. The highest BCUT2D eigenvalue weighted by molar-refractivity contribution is 6.22. The lowest BCUT2D eigenvalue weighted by molar-refractivity contribution is 0.660. The summed E-state index contributed by atoms with van der Waals surface area (Å²) in [6.07, 6.45) is 1.96. The number of hydrogen-bond acceptors (Lipinski definition) is 1. The van der Waals surface area contributed by atoms with E-state index in [1.165, 1.54) is 93.3 Å². The van der Waals surface area contributed by atoms with Gasteiger partial charge in [-0.3, -0.25) is 4.57 Å². The van der Waals surface area contributed by atoms with Crippen LogP contribution < -0.4 is 0 Å². The largest absolute Gasteiger partial charge is 0.309 e. The minimum absolute atomic E-state index is 0.0421. The molecule has 11 aromatic rings. The SMILES string of the molecule is CC1(C)c2ccccc2-c2ccc(-c3cccc(-c4ccnc(-n5c6ccccc6c6ccc7c(cc8c9ccccc9c9ccccc9n87)c65)c4)c3)cc21. The molecule has 3 heteroatoms. The van der Waals surface area contributed by atoms with Gasteiger partial charge in [-0.2, -0.15) is 0 Å². The van der Waals surface area contributed by atoms with Gasteiger partial charge >= 0.3 is 0 Å². The van der Waals surface area contributed by atoms with E-state index < -0.39 is 0 Å². The topological polar surface area (TPSA) is 22.2 Å². The molecule has 1 aliphatic rings. The molecule has 0 bridgehead atoms. The Balaban J connectivity index is 1.05. The summed E-state index contributed by atoms with van der Waals surface area (Å²) in [4.78, 5) is 5.08. The molecule has 12 rings (SSSR count). The van der Waals surface area contributed by atoms with Gasteiger partial charge in [-0.25, -0.2) is 4.98 Å². The number of para-hydroxylation sites is 2. The maximum Gasteiger partial charge on any atom is 0.138 e. The van der Waals surface area contributed by atoms with Crippen LogP contribution in [0.1, 0.15) is 25.0 Å². The van der Waals surface area contributed by atoms with E-state index in [-0.39, 0.29) is 5.41 Å². The van der Waals surface area contributed by atoms with E-state index in [0.29, 0.717) is 0 Å². The molecule has 0 saturated heterocycles. The average molecular weight is 702 g/mol. The second-order valence-electron chi connectivity index (χ2n) is 15.6. The quantitative estimate of drug-likeness (QED) is 0.168. The van der Waals surface area contributed by atoms with Gasteiger partial charge in [0.2, 0.25) is 0 Å². The fraction of sp³-hybridized carbons (Fsp3) is 0.0577. The van der Waals surface area contributed by atoms with Crippen LogP contribution >= 0.6 is 0 Å². The van der Waals surface area contributed by atoms with Crippen LogP contribution in [0.3, 0.4) is 0 Å². The van der Waals surface area contributed by atoms with Gasteiger partial charge in [0.25, 0.3) is 0 Å². The van der Waals surface area contributed by atoms with Crippen molar-refractivity contribution in [3.8, 4) is 39.2 Å². The van der Waals surface area contributed by atoms with Crippen LogP contribution in [-0.2, 0) is 5.41 Å². The van der Waals surface area contributed by atoms with E-state index in [1.54, 1.807) is 0 Å². The first kappa shape index (κ1) is 30.5. The fourth-order valence-corrected chi connectivity index (χ4v) is 9.76. The highest BCUT2D eigenvalue weighted by Crippen LogP contribution is 2.49. The zero-order valence-electron chi connectivity index (χ0n) is 30.6. The van der Waals surface area contributed by atoms with Crippen LogP contribution in [0.4, 0.5) is 0 Å². The predicted molar refractivity (Wildman–Crippen MR) is 230 cm³/mol. The Morgan fingerprint density at radius 3 is 1.84 bits per heavy atom. The Labute approximate surface area is 318 Å². The number of aromatic nitrogens is 3. The molecule has 4 heterocycles. The van der Waals surface area contributed by atoms with Gasteiger partial charge in [-0.15, -0.1) is 0 Å². The molecule has 4 aromatic heterocycles. The number of rotatable bonds is 3. The van der Waals surface area contributed by atoms with E-state index in [2.05, 4.69) is 193 Å². The van der Waals surface area contributed by atoms with E-state index >= 15 is 0 Å². The van der Waals surface area contributed by atoms with Crippen molar-refractivity contribution < 1.29 is 0 Å². The predicted octanol–water partition coefficient (Wildman–Crippen LogP) is 13.5. The zero-order chi connectivity index (χ0) is 36.4. The van der Waals surface area contributed by atoms with Gasteiger partial charge in [0.05, 0.1) is 27.6 Å². The minimum Gasteiger partial charge on any atom is -0.309 e. The van der Waals surface area contributed by atoms with Crippen LogP contribution in [0, 0.1) is 0 Å². The van der Waals surface area contributed by atoms with Crippen molar-refractivity contribution in [2.75, 3.05) is 0 Å². The van der Waals surface area contributed by atoms with Crippen molar-refractivity contribution in [2.24, 2.45) is 0 Å². The lowest BCUT2D eigenvalue weighted by atomic mass is 9.81. The van der Waals surface area contributed by atoms with Crippen LogP contribution in [0.5, 0.6) is 0 Å². The lowest BCUT2D eigenvalue weighted by Gasteiger charge is -2.22. The summed E-state index contributed by atoms with van der Waals surface area (Å²) in [6, 6.07) is 62.5. The molecule has 0 radical (unpaired) electrons. The highest BCUT2D eigenvalue weighted by Gasteiger charge is 2.35. The molecule has 258 valence electrons. The normalized spacial score (nSPS) is 13.4. The number of benzene rings is 7. The van der Waals surface area contributed by atoms with Crippen LogP contribution in [0.2, 0.25) is 0 Å². The first-order valence-electron chi connectivity index (χ1n) is 19.1. The van der Waals surface area contributed by atoms with Gasteiger partial charge in [0.15, 0.2) is 0 Å². The van der Waals surface area contributed by atoms with Crippen molar-refractivity contribution in [2.45, 2.75) is 19.3 Å². The molecule has 0 saturated carbocycles. The van der Waals surface area contributed by atoms with Crippen LogP contribution in [-0.4, -0.2) is 14.0 Å². The Morgan fingerprint density at radius 1 is 0.400 bits per heavy atom. The van der Waals surface area contributed by atoms with Crippen LogP contribution in [0.15, 0.2) is 176 Å². The molecule has 0 aliphatic heterocycles. The zero-order valence-corrected chi connectivity index (χ0v) is 30.6. The fourth-order valence-electron chi connectivity index (χ4n) is 9.76. The number of nitrogens with zero attached hydrogens (tertiary/aromatic N) is 3. The molecule has 55 heavy (non-hydrogen) atoms. The second kappa shape index (κ2) is 11.0. The van der Waals surface area contributed by atoms with E-state index in [1.807, 2.05) is 6.20 Å². The number of fused-ring (bicyclic) bond motifs is 15. The van der Waals surface area contributed by atoms with Crippen molar-refractivity contribution >= 4 is 59.9 Å². The van der Waals surface area contributed by atoms with Gasteiger partial charge in [0, 0.05) is 38.5 Å². The lowest BCUT2D eigenvalue weighted by Crippen LogP contribution is -2.14. The molecule has 1 aliphatic carbocycles. The molecular weight excluding hydrogens is 667 g/mol. The summed E-state index contributed by atoms with van der Waals surface area (Å²) in [6.45, 7) is 4.69. The third kappa shape index (κ3) is 4.18. The number of pyridine rings is 2. The van der Waals surface area contributed by atoms with Crippen LogP contribution in [0.25, 0.3) is 99.1 Å². The summed E-state index contributed by atoms with van der Waals surface area (Å²) in [5, 5.41) is 7.45. The van der Waals surface area contributed by atoms with Crippen molar-refractivity contribution in [3.05, 3.63) is 187 Å². The summed E-state index contributed by atoms with van der Waals surface area (Å²) < 4.78 is 4.83. The minimum atomic E-state index is -0.0421. The summed E-state index contributed by atoms with van der Waals surface area (Å²) in [7, 11) is 0. The van der Waals surface area contributed by atoms with E-state index in [0.717, 1.165) is 16.9 Å². The van der Waals surface area contributed by atoms with Gasteiger partial charge in [-0.05, 0) is 98.4 Å². The Hall–Kier alpha value is -6.97. The highest BCUT2D eigenvalue weighted by atomic mass is 15.1. The van der Waals surface area contributed by atoms with Gasteiger partial charge in [0.1, 0.15) is 5.82 Å². The molecule has 0 unspecified atom stereocenters. The molecule has 3 nitrogen and oxygen atoms in total. The third-order valence-corrected chi connectivity index (χ3v) is 12.3. The Morgan fingerprint density at radius 2 is 1.02 bits per heavy atom. The maximum absolute atomic E-state index is 5.08. The Bertz CT molecular complexity index is 3410. The van der Waals surface area contributed by atoms with E-state index in [9.17, 15) is 0 Å². The molecule has 7 aromatic carbocycles.